The smallest absolute Gasteiger partial charge is 0.253 e. The molecule has 136 valence electrons. The van der Waals surface area contributed by atoms with E-state index in [2.05, 4.69) is 5.32 Å². The average Bonchev–Trinajstić information content (AvgIpc) is 3.07. The van der Waals surface area contributed by atoms with Gasteiger partial charge in [-0.05, 0) is 45.0 Å². The lowest BCUT2D eigenvalue weighted by atomic mass is 10.1. The van der Waals surface area contributed by atoms with Crippen LogP contribution in [0.2, 0.25) is 0 Å². The van der Waals surface area contributed by atoms with Crippen molar-refractivity contribution in [1.82, 2.24) is 14.5 Å². The van der Waals surface area contributed by atoms with E-state index in [9.17, 15) is 13.2 Å². The minimum atomic E-state index is -3.59. The number of benzene rings is 1. The number of nitrogens with zero attached hydrogens (tertiary/aromatic N) is 2. The summed E-state index contributed by atoms with van der Waals surface area (Å²) in [5, 5.41) is 3.23. The molecule has 0 bridgehead atoms. The first-order valence-corrected chi connectivity index (χ1v) is 9.25. The van der Waals surface area contributed by atoms with Gasteiger partial charge in [-0.1, -0.05) is 6.07 Å². The van der Waals surface area contributed by atoms with Gasteiger partial charge in [-0.3, -0.25) is 4.79 Å². The van der Waals surface area contributed by atoms with Crippen LogP contribution in [0.4, 0.5) is 0 Å². The average molecular weight is 376 g/mol. The molecule has 1 unspecified atom stereocenters. The lowest BCUT2D eigenvalue weighted by molar-refractivity contribution is 0.0743. The second kappa shape index (κ2) is 8.29. The monoisotopic (exact) mass is 375 g/mol. The normalized spacial score (nSPS) is 17.8. The fourth-order valence-corrected chi connectivity index (χ4v) is 3.99. The molecule has 1 fully saturated rings. The zero-order valence-electron chi connectivity index (χ0n) is 14.5. The fraction of sp³-hybridized carbons (Fsp3) is 0.562. The molecule has 1 saturated heterocycles. The van der Waals surface area contributed by atoms with Gasteiger partial charge in [0.2, 0.25) is 10.0 Å². The van der Waals surface area contributed by atoms with Crippen LogP contribution in [-0.4, -0.2) is 62.8 Å². The highest BCUT2D eigenvalue weighted by Crippen LogP contribution is 2.19. The Morgan fingerprint density at radius 1 is 1.29 bits per heavy atom. The molecule has 2 rings (SSSR count). The lowest BCUT2D eigenvalue weighted by Gasteiger charge is -2.24. The Morgan fingerprint density at radius 3 is 2.50 bits per heavy atom. The molecule has 1 aliphatic rings. The van der Waals surface area contributed by atoms with Gasteiger partial charge in [0.05, 0.1) is 4.90 Å². The first-order valence-electron chi connectivity index (χ1n) is 7.81. The Kier molecular flexibility index (Phi) is 7.22. The van der Waals surface area contributed by atoms with Gasteiger partial charge < -0.3 is 10.2 Å². The van der Waals surface area contributed by atoms with E-state index in [1.54, 1.807) is 31.1 Å². The molecule has 0 saturated carbocycles. The van der Waals surface area contributed by atoms with Gasteiger partial charge in [0.25, 0.3) is 5.91 Å². The third kappa shape index (κ3) is 4.27. The van der Waals surface area contributed by atoms with Gasteiger partial charge in [-0.15, -0.1) is 12.4 Å². The Morgan fingerprint density at radius 2 is 1.96 bits per heavy atom. The summed E-state index contributed by atoms with van der Waals surface area (Å²) in [6, 6.07) is 6.29. The third-order valence-corrected chi connectivity index (χ3v) is 6.42. The van der Waals surface area contributed by atoms with Crippen LogP contribution in [0.25, 0.3) is 0 Å². The Bertz CT molecular complexity index is 673. The second-order valence-corrected chi connectivity index (χ2v) is 8.20. The van der Waals surface area contributed by atoms with Crippen molar-refractivity contribution in [3.05, 3.63) is 29.8 Å². The van der Waals surface area contributed by atoms with Crippen LogP contribution >= 0.6 is 12.4 Å². The van der Waals surface area contributed by atoms with Gasteiger partial charge in [-0.25, -0.2) is 8.42 Å². The van der Waals surface area contributed by atoms with E-state index in [4.69, 9.17) is 0 Å². The quantitative estimate of drug-likeness (QED) is 0.848. The molecule has 0 aliphatic carbocycles. The number of carbonyl (C=O) groups excluding carboxylic acids is 1. The van der Waals surface area contributed by atoms with Crippen LogP contribution in [-0.2, 0) is 10.0 Å². The van der Waals surface area contributed by atoms with Crippen LogP contribution < -0.4 is 5.32 Å². The van der Waals surface area contributed by atoms with Crippen molar-refractivity contribution in [2.75, 3.05) is 27.2 Å². The molecule has 24 heavy (non-hydrogen) atoms. The fourth-order valence-electron chi connectivity index (χ4n) is 2.57. The lowest BCUT2D eigenvalue weighted by Crippen LogP contribution is -2.38. The van der Waals surface area contributed by atoms with Gasteiger partial charge in [0.1, 0.15) is 0 Å². The standard InChI is InChI=1S/C16H25N3O3S.ClH/c1-12(2)19(4)23(21,22)15-7-5-6-13(10-15)16(20)18(3)14-8-9-17-11-14;/h5-7,10,12,14,17H,8-9,11H2,1-4H3;1H. The predicted molar refractivity (Wildman–Crippen MR) is 97.1 cm³/mol. The van der Waals surface area contributed by atoms with Gasteiger partial charge >= 0.3 is 0 Å². The summed E-state index contributed by atoms with van der Waals surface area (Å²) in [6.45, 7) is 5.30. The van der Waals surface area contributed by atoms with Crippen LogP contribution in [0.15, 0.2) is 29.2 Å². The van der Waals surface area contributed by atoms with E-state index in [-0.39, 0.29) is 35.3 Å². The third-order valence-electron chi connectivity index (χ3n) is 4.39. The van der Waals surface area contributed by atoms with E-state index in [1.807, 2.05) is 13.8 Å². The minimum absolute atomic E-state index is 0. The summed E-state index contributed by atoms with van der Waals surface area (Å²) in [5.74, 6) is -0.150. The number of amides is 1. The summed E-state index contributed by atoms with van der Waals surface area (Å²) in [5.41, 5.74) is 0.401. The van der Waals surface area contributed by atoms with Crippen molar-refractivity contribution in [2.45, 2.75) is 37.2 Å². The largest absolute Gasteiger partial charge is 0.337 e. The molecule has 0 radical (unpaired) electrons. The van der Waals surface area contributed by atoms with Crippen molar-refractivity contribution in [3.8, 4) is 0 Å². The van der Waals surface area contributed by atoms with Crippen molar-refractivity contribution in [3.63, 3.8) is 0 Å². The molecular formula is C16H26ClN3O3S. The van der Waals surface area contributed by atoms with Crippen molar-refractivity contribution < 1.29 is 13.2 Å². The molecule has 1 amide bonds. The van der Waals surface area contributed by atoms with Crippen LogP contribution in [0.1, 0.15) is 30.6 Å². The maximum absolute atomic E-state index is 12.6. The first kappa shape index (κ1) is 20.9. The van der Waals surface area contributed by atoms with E-state index in [1.165, 1.54) is 16.4 Å². The molecule has 1 N–H and O–H groups in total. The maximum atomic E-state index is 12.6. The van der Waals surface area contributed by atoms with E-state index in [0.29, 0.717) is 5.56 Å². The highest BCUT2D eigenvalue weighted by atomic mass is 35.5. The van der Waals surface area contributed by atoms with Crippen LogP contribution in [0.5, 0.6) is 0 Å². The molecular weight excluding hydrogens is 350 g/mol. The zero-order chi connectivity index (χ0) is 17.2. The zero-order valence-corrected chi connectivity index (χ0v) is 16.2. The molecule has 1 heterocycles. The number of nitrogens with one attached hydrogen (secondary N) is 1. The van der Waals surface area contributed by atoms with Crippen molar-refractivity contribution in [2.24, 2.45) is 0 Å². The Hall–Kier alpha value is -1.15. The minimum Gasteiger partial charge on any atom is -0.337 e. The number of carbonyl (C=O) groups is 1. The van der Waals surface area contributed by atoms with Crippen LogP contribution in [0.3, 0.4) is 0 Å². The SMILES string of the molecule is CC(C)N(C)S(=O)(=O)c1cccc(C(=O)N(C)C2CCNC2)c1.Cl. The highest BCUT2D eigenvalue weighted by Gasteiger charge is 2.27. The highest BCUT2D eigenvalue weighted by molar-refractivity contribution is 7.89. The van der Waals surface area contributed by atoms with E-state index < -0.39 is 10.0 Å². The molecule has 1 aromatic carbocycles. The molecule has 0 spiro atoms. The number of sulfonamides is 1. The molecule has 6 nitrogen and oxygen atoms in total. The first-order chi connectivity index (χ1) is 10.7. The Balaban J connectivity index is 0.00000288. The molecule has 1 atom stereocenters. The van der Waals surface area contributed by atoms with Gasteiger partial charge in [-0.2, -0.15) is 4.31 Å². The number of hydrogen-bond donors (Lipinski definition) is 1. The van der Waals surface area contributed by atoms with Crippen LogP contribution in [0, 0.1) is 0 Å². The summed E-state index contributed by atoms with van der Waals surface area (Å²) in [7, 11) is -0.277. The summed E-state index contributed by atoms with van der Waals surface area (Å²) >= 11 is 0. The van der Waals surface area contributed by atoms with Gasteiger partial charge in [0, 0.05) is 38.3 Å². The van der Waals surface area contributed by atoms with Crippen molar-refractivity contribution in [1.29, 1.82) is 0 Å². The maximum Gasteiger partial charge on any atom is 0.253 e. The van der Waals surface area contributed by atoms with Crippen molar-refractivity contribution >= 4 is 28.3 Å². The Labute approximate surface area is 150 Å². The molecule has 0 aromatic heterocycles. The summed E-state index contributed by atoms with van der Waals surface area (Å²) in [6.07, 6.45) is 0.913. The number of likely N-dealkylation sites (N-methyl/N-ethyl adjacent to an activating group) is 1. The summed E-state index contributed by atoms with van der Waals surface area (Å²) < 4.78 is 26.4. The predicted octanol–water partition coefficient (Wildman–Crippen LogP) is 1.57. The topological polar surface area (TPSA) is 69.7 Å². The second-order valence-electron chi connectivity index (χ2n) is 6.21. The number of rotatable bonds is 5. The number of hydrogen-bond acceptors (Lipinski definition) is 4. The molecule has 1 aliphatic heterocycles. The van der Waals surface area contributed by atoms with E-state index >= 15 is 0 Å². The molecule has 1 aromatic rings. The molecule has 8 heteroatoms. The van der Waals surface area contributed by atoms with Gasteiger partial charge in [0.15, 0.2) is 0 Å². The number of halogens is 1. The van der Waals surface area contributed by atoms with E-state index in [0.717, 1.165) is 19.5 Å². The summed E-state index contributed by atoms with van der Waals surface area (Å²) in [4.78, 5) is 14.4.